The fourth-order valence-electron chi connectivity index (χ4n) is 1.92. The van der Waals surface area contributed by atoms with Gasteiger partial charge in [0.05, 0.1) is 6.54 Å². The summed E-state index contributed by atoms with van der Waals surface area (Å²) >= 11 is 0. The van der Waals surface area contributed by atoms with Crippen LogP contribution in [0.5, 0.6) is 0 Å². The maximum Gasteiger partial charge on any atom is 0.181 e. The lowest BCUT2D eigenvalue weighted by Crippen LogP contribution is -1.97. The highest BCUT2D eigenvalue weighted by atomic mass is 16.3. The van der Waals surface area contributed by atoms with E-state index in [2.05, 4.69) is 43.1 Å². The highest BCUT2D eigenvalue weighted by Crippen LogP contribution is 2.22. The first-order valence-electron chi connectivity index (χ1n) is 5.92. The molecule has 1 aromatic heterocycles. The Morgan fingerprint density at radius 1 is 1.24 bits per heavy atom. The molecule has 1 heterocycles. The number of oxazole rings is 1. The maximum atomic E-state index is 5.59. The molecule has 90 valence electrons. The fraction of sp³-hybridized carbons (Fsp3) is 0.357. The Morgan fingerprint density at radius 3 is 2.53 bits per heavy atom. The summed E-state index contributed by atoms with van der Waals surface area (Å²) in [7, 11) is 0. The number of rotatable bonds is 4. The van der Waals surface area contributed by atoms with Crippen molar-refractivity contribution in [3.63, 3.8) is 0 Å². The predicted molar refractivity (Wildman–Crippen MR) is 68.4 cm³/mol. The molecule has 0 radical (unpaired) electrons. The van der Waals surface area contributed by atoms with Crippen LogP contribution in [-0.2, 0) is 13.0 Å². The highest BCUT2D eigenvalue weighted by Gasteiger charge is 2.08. The zero-order chi connectivity index (χ0) is 12.3. The van der Waals surface area contributed by atoms with Gasteiger partial charge in [0.15, 0.2) is 6.39 Å². The zero-order valence-corrected chi connectivity index (χ0v) is 10.3. The van der Waals surface area contributed by atoms with Crippen molar-refractivity contribution in [1.29, 1.82) is 0 Å². The second kappa shape index (κ2) is 5.15. The highest BCUT2D eigenvalue weighted by molar-refractivity contribution is 5.61. The van der Waals surface area contributed by atoms with Gasteiger partial charge < -0.3 is 10.2 Å². The standard InChI is InChI=1S/C14H18N2O/c1-10(2)7-11-3-5-12(6-4-11)14-13(8-15)17-9-16-14/h3-6,9-10H,7-8,15H2,1-2H3. The summed E-state index contributed by atoms with van der Waals surface area (Å²) in [6.07, 6.45) is 2.54. The van der Waals surface area contributed by atoms with Crippen molar-refractivity contribution >= 4 is 0 Å². The third-order valence-electron chi connectivity index (χ3n) is 2.70. The summed E-state index contributed by atoms with van der Waals surface area (Å²) < 4.78 is 5.23. The number of hydrogen-bond acceptors (Lipinski definition) is 3. The van der Waals surface area contributed by atoms with Gasteiger partial charge in [-0.1, -0.05) is 38.1 Å². The largest absolute Gasteiger partial charge is 0.446 e. The topological polar surface area (TPSA) is 52.0 Å². The van der Waals surface area contributed by atoms with Gasteiger partial charge in [-0.15, -0.1) is 0 Å². The average Bonchev–Trinajstić information content (AvgIpc) is 2.77. The van der Waals surface area contributed by atoms with E-state index in [-0.39, 0.29) is 0 Å². The molecule has 17 heavy (non-hydrogen) atoms. The molecule has 0 spiro atoms. The minimum absolute atomic E-state index is 0.378. The van der Waals surface area contributed by atoms with Gasteiger partial charge in [0, 0.05) is 5.56 Å². The Bertz CT molecular complexity index is 471. The SMILES string of the molecule is CC(C)Cc1ccc(-c2ncoc2CN)cc1. The van der Waals surface area contributed by atoms with Gasteiger partial charge in [-0.3, -0.25) is 0 Å². The van der Waals surface area contributed by atoms with Crippen LogP contribution in [0.2, 0.25) is 0 Å². The number of aromatic nitrogens is 1. The Kier molecular flexibility index (Phi) is 3.59. The summed E-state index contributed by atoms with van der Waals surface area (Å²) in [5, 5.41) is 0. The van der Waals surface area contributed by atoms with E-state index in [4.69, 9.17) is 10.2 Å². The van der Waals surface area contributed by atoms with E-state index in [1.54, 1.807) is 0 Å². The zero-order valence-electron chi connectivity index (χ0n) is 10.3. The molecule has 3 heteroatoms. The molecule has 2 N–H and O–H groups in total. The van der Waals surface area contributed by atoms with Gasteiger partial charge in [0.25, 0.3) is 0 Å². The summed E-state index contributed by atoms with van der Waals surface area (Å²) in [5.74, 6) is 1.41. The molecule has 2 rings (SSSR count). The predicted octanol–water partition coefficient (Wildman–Crippen LogP) is 3.00. The van der Waals surface area contributed by atoms with Crippen LogP contribution in [0.15, 0.2) is 35.1 Å². The summed E-state index contributed by atoms with van der Waals surface area (Å²) in [5.41, 5.74) is 8.86. The third-order valence-corrected chi connectivity index (χ3v) is 2.70. The minimum atomic E-state index is 0.378. The molecular weight excluding hydrogens is 212 g/mol. The minimum Gasteiger partial charge on any atom is -0.446 e. The van der Waals surface area contributed by atoms with Crippen molar-refractivity contribution < 1.29 is 4.42 Å². The summed E-state index contributed by atoms with van der Waals surface area (Å²) in [6.45, 7) is 4.82. The molecule has 0 bridgehead atoms. The quantitative estimate of drug-likeness (QED) is 0.878. The van der Waals surface area contributed by atoms with Crippen molar-refractivity contribution in [3.8, 4) is 11.3 Å². The van der Waals surface area contributed by atoms with Crippen LogP contribution < -0.4 is 5.73 Å². The van der Waals surface area contributed by atoms with E-state index in [1.807, 2.05) is 0 Å². The van der Waals surface area contributed by atoms with Crippen molar-refractivity contribution in [2.75, 3.05) is 0 Å². The lowest BCUT2D eigenvalue weighted by Gasteiger charge is -2.05. The maximum absolute atomic E-state index is 5.59. The van der Waals surface area contributed by atoms with Crippen molar-refractivity contribution in [1.82, 2.24) is 4.98 Å². The molecule has 2 aromatic rings. The summed E-state index contributed by atoms with van der Waals surface area (Å²) in [6, 6.07) is 8.44. The van der Waals surface area contributed by atoms with Crippen LogP contribution in [-0.4, -0.2) is 4.98 Å². The molecule has 0 aliphatic rings. The molecule has 0 aliphatic heterocycles. The van der Waals surface area contributed by atoms with E-state index < -0.39 is 0 Å². The van der Waals surface area contributed by atoms with E-state index >= 15 is 0 Å². The van der Waals surface area contributed by atoms with Gasteiger partial charge in [0.2, 0.25) is 0 Å². The smallest absolute Gasteiger partial charge is 0.181 e. The van der Waals surface area contributed by atoms with E-state index in [1.165, 1.54) is 12.0 Å². The third kappa shape index (κ3) is 2.74. The van der Waals surface area contributed by atoms with Crippen molar-refractivity contribution in [3.05, 3.63) is 42.0 Å². The molecule has 0 fully saturated rings. The second-order valence-corrected chi connectivity index (χ2v) is 4.62. The molecule has 3 nitrogen and oxygen atoms in total. The Labute approximate surface area is 102 Å². The van der Waals surface area contributed by atoms with Crippen LogP contribution in [0.4, 0.5) is 0 Å². The van der Waals surface area contributed by atoms with Crippen molar-refractivity contribution in [2.45, 2.75) is 26.8 Å². The second-order valence-electron chi connectivity index (χ2n) is 4.62. The monoisotopic (exact) mass is 230 g/mol. The lowest BCUT2D eigenvalue weighted by molar-refractivity contribution is 0.507. The molecule has 0 unspecified atom stereocenters. The van der Waals surface area contributed by atoms with Gasteiger partial charge >= 0.3 is 0 Å². The van der Waals surface area contributed by atoms with Gasteiger partial charge in [-0.05, 0) is 17.9 Å². The Balaban J connectivity index is 2.23. The number of hydrogen-bond donors (Lipinski definition) is 1. The average molecular weight is 230 g/mol. The first kappa shape index (κ1) is 11.9. The molecule has 0 aliphatic carbocycles. The first-order chi connectivity index (χ1) is 8.20. The van der Waals surface area contributed by atoms with Crippen LogP contribution in [0.3, 0.4) is 0 Å². The molecule has 0 amide bonds. The summed E-state index contributed by atoms with van der Waals surface area (Å²) in [4.78, 5) is 4.20. The van der Waals surface area contributed by atoms with Gasteiger partial charge in [-0.2, -0.15) is 0 Å². The number of benzene rings is 1. The van der Waals surface area contributed by atoms with Gasteiger partial charge in [0.1, 0.15) is 11.5 Å². The molecule has 0 atom stereocenters. The molecule has 1 aromatic carbocycles. The normalized spacial score (nSPS) is 11.1. The molecule has 0 saturated heterocycles. The van der Waals surface area contributed by atoms with Crippen molar-refractivity contribution in [2.24, 2.45) is 11.7 Å². The lowest BCUT2D eigenvalue weighted by atomic mass is 10.0. The number of nitrogens with zero attached hydrogens (tertiary/aromatic N) is 1. The van der Waals surface area contributed by atoms with E-state index in [0.717, 1.165) is 23.4 Å². The van der Waals surface area contributed by atoms with E-state index in [9.17, 15) is 0 Å². The molecule has 0 saturated carbocycles. The van der Waals surface area contributed by atoms with E-state index in [0.29, 0.717) is 12.5 Å². The number of nitrogens with two attached hydrogens (primary N) is 1. The first-order valence-corrected chi connectivity index (χ1v) is 5.92. The van der Waals surface area contributed by atoms with Crippen LogP contribution in [0, 0.1) is 5.92 Å². The fourth-order valence-corrected chi connectivity index (χ4v) is 1.92. The Hall–Kier alpha value is -1.61. The van der Waals surface area contributed by atoms with Crippen LogP contribution >= 0.6 is 0 Å². The Morgan fingerprint density at radius 2 is 1.94 bits per heavy atom. The van der Waals surface area contributed by atoms with Crippen LogP contribution in [0.1, 0.15) is 25.2 Å². The van der Waals surface area contributed by atoms with Crippen LogP contribution in [0.25, 0.3) is 11.3 Å². The van der Waals surface area contributed by atoms with Gasteiger partial charge in [-0.25, -0.2) is 4.98 Å². The molecular formula is C14H18N2O.